The summed E-state index contributed by atoms with van der Waals surface area (Å²) >= 11 is 0.792. The molecule has 0 aromatic heterocycles. The van der Waals surface area contributed by atoms with Gasteiger partial charge in [0.2, 0.25) is 40.6 Å². The second-order valence-electron chi connectivity index (χ2n) is 14.5. The van der Waals surface area contributed by atoms with Gasteiger partial charge in [-0.1, -0.05) is 80.2 Å². The number of thioether (sulfide) groups is 1. The van der Waals surface area contributed by atoms with E-state index < -0.39 is 95.5 Å². The molecule has 3 aromatic carbocycles. The van der Waals surface area contributed by atoms with Crippen molar-refractivity contribution < 1.29 is 59.1 Å². The lowest BCUT2D eigenvalue weighted by Gasteiger charge is -2.27. The molecule has 0 bridgehead atoms. The monoisotopic (exact) mass is 867 g/mol. The minimum absolute atomic E-state index is 0.0338. The van der Waals surface area contributed by atoms with Gasteiger partial charge in [0.25, 0.3) is 0 Å². The Morgan fingerprint density at radius 1 is 0.656 bits per heavy atom. The number of carbonyl (C=O) groups is 7. The number of phenolic OH excluding ortho intramolecular Hbond substituents is 2. The number of phenols is 2. The summed E-state index contributed by atoms with van der Waals surface area (Å²) in [5, 5.41) is 63.4. The van der Waals surface area contributed by atoms with Crippen LogP contribution in [0.2, 0.25) is 0 Å². The number of aliphatic hydroxyl groups is 3. The van der Waals surface area contributed by atoms with E-state index >= 15 is 0 Å². The molecule has 0 saturated heterocycles. The maximum Gasteiger partial charge on any atom is 0.249 e. The topological polar surface area (TPSA) is 319 Å². The molecule has 0 spiro atoms. The van der Waals surface area contributed by atoms with Crippen LogP contribution in [-0.2, 0) is 33.6 Å². The zero-order valence-corrected chi connectivity index (χ0v) is 34.6. The molecule has 0 aliphatic heterocycles. The fourth-order valence-corrected chi connectivity index (χ4v) is 6.17. The first-order valence-electron chi connectivity index (χ1n) is 19.1. The number of rotatable bonds is 22. The molecule has 0 heterocycles. The molecule has 0 radical (unpaired) electrons. The van der Waals surface area contributed by atoms with Crippen molar-refractivity contribution in [3.63, 3.8) is 0 Å². The highest BCUT2D eigenvalue weighted by atomic mass is 32.2. The van der Waals surface area contributed by atoms with Crippen LogP contribution in [0.15, 0.2) is 78.9 Å². The summed E-state index contributed by atoms with van der Waals surface area (Å²) in [7, 11) is 0. The minimum Gasteiger partial charge on any atom is -0.508 e. The molecular weight excluding hydrogens is 815 g/mol. The minimum atomic E-state index is -1.64. The van der Waals surface area contributed by atoms with E-state index in [0.29, 0.717) is 11.1 Å². The maximum atomic E-state index is 13.7. The second kappa shape index (κ2) is 23.7. The average Bonchev–Trinajstić information content (AvgIpc) is 3.25. The van der Waals surface area contributed by atoms with Gasteiger partial charge in [0, 0.05) is 30.7 Å². The van der Waals surface area contributed by atoms with E-state index in [-0.39, 0.29) is 42.3 Å². The Morgan fingerprint density at radius 3 is 1.79 bits per heavy atom. The number of aliphatic hydroxyl groups excluding tert-OH is 3. The van der Waals surface area contributed by atoms with Gasteiger partial charge in [0.05, 0.1) is 13.2 Å². The Morgan fingerprint density at radius 2 is 1.21 bits per heavy atom. The van der Waals surface area contributed by atoms with Crippen molar-refractivity contribution in [1.29, 1.82) is 0 Å². The molecule has 0 aliphatic rings. The van der Waals surface area contributed by atoms with Crippen molar-refractivity contribution in [1.82, 2.24) is 31.9 Å². The Bertz CT molecular complexity index is 1970. The summed E-state index contributed by atoms with van der Waals surface area (Å²) in [5.41, 5.74) is 5.84. The smallest absolute Gasteiger partial charge is 0.249 e. The Balaban J connectivity index is 1.64. The Kier molecular flexibility index (Phi) is 19.1. The number of hydrogen-bond acceptors (Lipinski definition) is 14. The first kappa shape index (κ1) is 49.3. The van der Waals surface area contributed by atoms with Gasteiger partial charge >= 0.3 is 0 Å². The molecule has 3 rings (SSSR count). The van der Waals surface area contributed by atoms with E-state index in [1.807, 2.05) is 0 Å². The van der Waals surface area contributed by atoms with Crippen molar-refractivity contribution in [3.8, 4) is 11.5 Å². The maximum absolute atomic E-state index is 13.7. The van der Waals surface area contributed by atoms with E-state index in [1.165, 1.54) is 69.3 Å². The lowest BCUT2D eigenvalue weighted by molar-refractivity contribution is -0.137. The van der Waals surface area contributed by atoms with Crippen LogP contribution in [0.5, 0.6) is 11.5 Å². The average molecular weight is 868 g/mol. The van der Waals surface area contributed by atoms with E-state index in [0.717, 1.165) is 11.8 Å². The van der Waals surface area contributed by atoms with Crippen LogP contribution in [0.4, 0.5) is 0 Å². The summed E-state index contributed by atoms with van der Waals surface area (Å²) in [6.45, 7) is 2.95. The van der Waals surface area contributed by atoms with Gasteiger partial charge < -0.3 is 63.2 Å². The molecule has 0 aliphatic carbocycles. The van der Waals surface area contributed by atoms with Crippen LogP contribution in [0.3, 0.4) is 0 Å². The highest BCUT2D eigenvalue weighted by Gasteiger charge is 2.34. The van der Waals surface area contributed by atoms with E-state index in [4.69, 9.17) is 5.73 Å². The van der Waals surface area contributed by atoms with Gasteiger partial charge in [-0.3, -0.25) is 33.6 Å². The van der Waals surface area contributed by atoms with Gasteiger partial charge in [-0.05, 0) is 47.9 Å². The number of carbonyl (C=O) groups excluding carboxylic acids is 7. The molecule has 1 unspecified atom stereocenters. The molecule has 6 amide bonds. The van der Waals surface area contributed by atoms with Crippen molar-refractivity contribution in [2.75, 3.05) is 32.1 Å². The van der Waals surface area contributed by atoms with E-state index in [2.05, 4.69) is 31.9 Å². The standard InChI is InChI=1S/C41H53N7O12S/c1-23(45-37(57)31(42)24-9-13-27(51)14-10-24)35(55)47-32(26-11-15-28(52)16-12-26)38(58)46-29(21-49)36(56)48-33(25-7-5-4-6-8-25)40(60)61-20-19-43-30(53)17-18-44-39(59)34(54)41(2,3)22-50/h4-16,23,29,31-34,49-52,54H,17-22,42H2,1-3H3,(H,43,53)(H,44,59)(H,45,57)(H,46,58)(H,47,55)(H,48,56)/t23-,29-,31+,32+,33?,34-/m0/s1. The summed E-state index contributed by atoms with van der Waals surface area (Å²) < 4.78 is 0. The molecule has 19 nitrogen and oxygen atoms in total. The SMILES string of the molecule is C[C@H](NC(=O)[C@H](N)c1ccc(O)cc1)C(=O)N[C@@H](C(=O)N[C@@H](CO)C(=O)NC(C(=O)SCCNC(=O)CCNC(=O)[C@H](O)C(C)(C)CO)c1ccccc1)c1ccc(O)cc1. The van der Waals surface area contributed by atoms with Gasteiger partial charge in [0.1, 0.15) is 47.8 Å². The highest BCUT2D eigenvalue weighted by Crippen LogP contribution is 2.22. The lowest BCUT2D eigenvalue weighted by atomic mass is 9.87. The molecule has 61 heavy (non-hydrogen) atoms. The third kappa shape index (κ3) is 15.2. The molecule has 330 valence electrons. The largest absolute Gasteiger partial charge is 0.508 e. The normalized spacial score (nSPS) is 14.1. The van der Waals surface area contributed by atoms with Gasteiger partial charge in [-0.2, -0.15) is 0 Å². The Hall–Kier alpha value is -6.06. The number of nitrogens with one attached hydrogen (secondary N) is 6. The highest BCUT2D eigenvalue weighted by molar-refractivity contribution is 8.13. The van der Waals surface area contributed by atoms with Crippen molar-refractivity contribution >= 4 is 52.3 Å². The molecule has 0 saturated carbocycles. The van der Waals surface area contributed by atoms with Crippen molar-refractivity contribution in [2.24, 2.45) is 11.1 Å². The van der Waals surface area contributed by atoms with Gasteiger partial charge in [0.15, 0.2) is 0 Å². The van der Waals surface area contributed by atoms with Crippen LogP contribution >= 0.6 is 11.8 Å². The number of nitrogens with two attached hydrogens (primary N) is 1. The van der Waals surface area contributed by atoms with E-state index in [1.54, 1.807) is 30.3 Å². The van der Waals surface area contributed by atoms with Crippen LogP contribution in [0, 0.1) is 5.41 Å². The fourth-order valence-electron chi connectivity index (χ4n) is 5.40. The molecule has 6 atom stereocenters. The summed E-state index contributed by atoms with van der Waals surface area (Å²) in [5.74, 6) is -4.79. The summed E-state index contributed by atoms with van der Waals surface area (Å²) in [6.07, 6.45) is -1.61. The third-order valence-corrected chi connectivity index (χ3v) is 10.2. The third-order valence-electron chi connectivity index (χ3n) is 9.25. The van der Waals surface area contributed by atoms with Gasteiger partial charge in [-0.25, -0.2) is 0 Å². The quantitative estimate of drug-likeness (QED) is 0.0543. The predicted molar refractivity (Wildman–Crippen MR) is 223 cm³/mol. The number of aromatic hydroxyl groups is 2. The second-order valence-corrected chi connectivity index (χ2v) is 15.6. The summed E-state index contributed by atoms with van der Waals surface area (Å²) in [4.78, 5) is 91.4. The first-order chi connectivity index (χ1) is 28.9. The van der Waals surface area contributed by atoms with Gasteiger partial charge in [-0.15, -0.1) is 0 Å². The first-order valence-corrected chi connectivity index (χ1v) is 20.1. The number of benzene rings is 3. The molecule has 20 heteroatoms. The lowest BCUT2D eigenvalue weighted by Crippen LogP contribution is -2.55. The molecular formula is C41H53N7O12S. The zero-order valence-electron chi connectivity index (χ0n) is 33.8. The van der Waals surface area contributed by atoms with Crippen molar-refractivity contribution in [3.05, 3.63) is 95.6 Å². The zero-order chi connectivity index (χ0) is 45.3. The van der Waals surface area contributed by atoms with E-state index in [9.17, 15) is 59.1 Å². The molecule has 13 N–H and O–H groups in total. The molecule has 0 fully saturated rings. The van der Waals surface area contributed by atoms with Crippen LogP contribution in [-0.4, -0.2) is 116 Å². The number of hydrogen-bond donors (Lipinski definition) is 12. The Labute approximate surface area is 356 Å². The molecule has 3 aromatic rings. The fraction of sp³-hybridized carbons (Fsp3) is 0.390. The van der Waals surface area contributed by atoms with Crippen LogP contribution in [0.25, 0.3) is 0 Å². The van der Waals surface area contributed by atoms with Crippen molar-refractivity contribution in [2.45, 2.75) is 63.5 Å². The van der Waals surface area contributed by atoms with Crippen LogP contribution < -0.4 is 37.6 Å². The number of amides is 6. The van der Waals surface area contributed by atoms with Crippen LogP contribution in [0.1, 0.15) is 62.0 Å². The summed E-state index contributed by atoms with van der Waals surface area (Å²) in [6, 6.07) is 12.0. The predicted octanol–water partition coefficient (Wildman–Crippen LogP) is -0.944.